The monoisotopic (exact) mass is 294 g/mol. The SMILES string of the molecule is FC(F)(F)c1ccc(-c2cc(-c3cccs3)[nH]n2)cc1. The molecule has 2 nitrogen and oxygen atoms in total. The molecular formula is C14H9F3N2S. The lowest BCUT2D eigenvalue weighted by molar-refractivity contribution is -0.137. The predicted octanol–water partition coefficient (Wildman–Crippen LogP) is 4.82. The van der Waals surface area contributed by atoms with E-state index in [-0.39, 0.29) is 0 Å². The molecule has 0 radical (unpaired) electrons. The standard InChI is InChI=1S/C14H9F3N2S/c15-14(16,17)10-5-3-9(4-6-10)11-8-12(19-18-11)13-2-1-7-20-13/h1-8H,(H,18,19). The molecule has 0 amide bonds. The summed E-state index contributed by atoms with van der Waals surface area (Å²) in [5.41, 5.74) is 1.48. The molecule has 0 saturated heterocycles. The normalized spacial score (nSPS) is 11.8. The van der Waals surface area contributed by atoms with Gasteiger partial charge in [0.1, 0.15) is 0 Å². The van der Waals surface area contributed by atoms with Crippen LogP contribution in [0, 0.1) is 0 Å². The number of thiophene rings is 1. The van der Waals surface area contributed by atoms with Gasteiger partial charge in [0, 0.05) is 5.56 Å². The molecule has 0 saturated carbocycles. The van der Waals surface area contributed by atoms with Crippen LogP contribution in [0.3, 0.4) is 0 Å². The molecule has 0 atom stereocenters. The molecule has 0 aliphatic heterocycles. The van der Waals surface area contributed by atoms with Crippen LogP contribution in [0.2, 0.25) is 0 Å². The highest BCUT2D eigenvalue weighted by Gasteiger charge is 2.30. The molecule has 0 fully saturated rings. The van der Waals surface area contributed by atoms with Crippen molar-refractivity contribution in [2.24, 2.45) is 0 Å². The summed E-state index contributed by atoms with van der Waals surface area (Å²) in [6.45, 7) is 0. The van der Waals surface area contributed by atoms with E-state index in [2.05, 4.69) is 10.2 Å². The highest BCUT2D eigenvalue weighted by atomic mass is 32.1. The van der Waals surface area contributed by atoms with Crippen molar-refractivity contribution in [3.8, 4) is 21.8 Å². The number of nitrogens with one attached hydrogen (secondary N) is 1. The number of nitrogens with zero attached hydrogens (tertiary/aromatic N) is 1. The van der Waals surface area contributed by atoms with E-state index in [1.54, 1.807) is 11.3 Å². The third-order valence-corrected chi connectivity index (χ3v) is 3.78. The van der Waals surface area contributed by atoms with E-state index in [9.17, 15) is 13.2 Å². The van der Waals surface area contributed by atoms with Crippen LogP contribution in [0.15, 0.2) is 47.8 Å². The van der Waals surface area contributed by atoms with Crippen LogP contribution in [0.25, 0.3) is 21.8 Å². The lowest BCUT2D eigenvalue weighted by atomic mass is 10.1. The maximum Gasteiger partial charge on any atom is 0.416 e. The average Bonchev–Trinajstić information content (AvgIpc) is 3.09. The second-order valence-electron chi connectivity index (χ2n) is 4.22. The van der Waals surface area contributed by atoms with Crippen LogP contribution >= 0.6 is 11.3 Å². The number of benzene rings is 1. The van der Waals surface area contributed by atoms with Crippen molar-refractivity contribution in [3.05, 3.63) is 53.4 Å². The Balaban J connectivity index is 1.90. The molecule has 102 valence electrons. The van der Waals surface area contributed by atoms with Crippen molar-refractivity contribution in [1.29, 1.82) is 0 Å². The summed E-state index contributed by atoms with van der Waals surface area (Å²) in [7, 11) is 0. The first kappa shape index (κ1) is 12.9. The van der Waals surface area contributed by atoms with Gasteiger partial charge in [0.2, 0.25) is 0 Å². The van der Waals surface area contributed by atoms with Gasteiger partial charge in [-0.1, -0.05) is 18.2 Å². The van der Waals surface area contributed by atoms with Gasteiger partial charge < -0.3 is 0 Å². The highest BCUT2D eigenvalue weighted by Crippen LogP contribution is 2.31. The Labute approximate surface area is 116 Å². The van der Waals surface area contributed by atoms with Crippen molar-refractivity contribution in [2.45, 2.75) is 6.18 Å². The van der Waals surface area contributed by atoms with Gasteiger partial charge in [0.15, 0.2) is 0 Å². The molecular weight excluding hydrogens is 285 g/mol. The summed E-state index contributed by atoms with van der Waals surface area (Å²) in [6, 6.07) is 10.7. The first-order valence-electron chi connectivity index (χ1n) is 5.81. The lowest BCUT2D eigenvalue weighted by Gasteiger charge is -2.06. The van der Waals surface area contributed by atoms with Gasteiger partial charge in [0.05, 0.1) is 21.8 Å². The van der Waals surface area contributed by atoms with E-state index in [4.69, 9.17) is 0 Å². The molecule has 2 heterocycles. The number of hydrogen-bond acceptors (Lipinski definition) is 2. The third kappa shape index (κ3) is 2.46. The number of aromatic amines is 1. The summed E-state index contributed by atoms with van der Waals surface area (Å²) >= 11 is 1.57. The fourth-order valence-electron chi connectivity index (χ4n) is 1.86. The summed E-state index contributed by atoms with van der Waals surface area (Å²) in [5.74, 6) is 0. The molecule has 0 unspecified atom stereocenters. The van der Waals surface area contributed by atoms with Crippen LogP contribution in [0.4, 0.5) is 13.2 Å². The van der Waals surface area contributed by atoms with Crippen LogP contribution in [0.1, 0.15) is 5.56 Å². The fraction of sp³-hybridized carbons (Fsp3) is 0.0714. The second kappa shape index (κ2) is 4.79. The smallest absolute Gasteiger partial charge is 0.276 e. The van der Waals surface area contributed by atoms with Gasteiger partial charge in [-0.15, -0.1) is 11.3 Å². The van der Waals surface area contributed by atoms with Gasteiger partial charge in [-0.3, -0.25) is 5.10 Å². The van der Waals surface area contributed by atoms with Crippen molar-refractivity contribution in [1.82, 2.24) is 10.2 Å². The van der Waals surface area contributed by atoms with Crippen LogP contribution in [-0.4, -0.2) is 10.2 Å². The van der Waals surface area contributed by atoms with Crippen molar-refractivity contribution < 1.29 is 13.2 Å². The van der Waals surface area contributed by atoms with Gasteiger partial charge in [0.25, 0.3) is 0 Å². The number of alkyl halides is 3. The first-order valence-corrected chi connectivity index (χ1v) is 6.69. The average molecular weight is 294 g/mol. The van der Waals surface area contributed by atoms with Gasteiger partial charge >= 0.3 is 6.18 Å². The number of hydrogen-bond donors (Lipinski definition) is 1. The Hall–Kier alpha value is -2.08. The Morgan fingerprint density at radius 3 is 2.40 bits per heavy atom. The van der Waals surface area contributed by atoms with Crippen molar-refractivity contribution in [2.75, 3.05) is 0 Å². The quantitative estimate of drug-likeness (QED) is 0.721. The molecule has 0 aliphatic carbocycles. The summed E-state index contributed by atoms with van der Waals surface area (Å²) in [6.07, 6.45) is -4.31. The Kier molecular flexibility index (Phi) is 3.10. The fourth-order valence-corrected chi connectivity index (χ4v) is 2.55. The predicted molar refractivity (Wildman–Crippen MR) is 72.3 cm³/mol. The molecule has 3 rings (SSSR count). The summed E-state index contributed by atoms with van der Waals surface area (Å²) < 4.78 is 37.5. The zero-order valence-corrected chi connectivity index (χ0v) is 10.9. The number of halogens is 3. The zero-order chi connectivity index (χ0) is 14.2. The Morgan fingerprint density at radius 1 is 1.05 bits per heavy atom. The van der Waals surface area contributed by atoms with E-state index < -0.39 is 11.7 Å². The maximum atomic E-state index is 12.5. The highest BCUT2D eigenvalue weighted by molar-refractivity contribution is 7.13. The number of aromatic nitrogens is 2. The molecule has 3 aromatic rings. The van der Waals surface area contributed by atoms with E-state index >= 15 is 0 Å². The largest absolute Gasteiger partial charge is 0.416 e. The van der Waals surface area contributed by atoms with E-state index in [0.717, 1.165) is 22.7 Å². The van der Waals surface area contributed by atoms with Crippen molar-refractivity contribution >= 4 is 11.3 Å². The summed E-state index contributed by atoms with van der Waals surface area (Å²) in [4.78, 5) is 1.04. The van der Waals surface area contributed by atoms with E-state index in [0.29, 0.717) is 11.3 Å². The molecule has 1 aromatic carbocycles. The molecule has 2 aromatic heterocycles. The molecule has 6 heteroatoms. The number of rotatable bonds is 2. The van der Waals surface area contributed by atoms with Crippen LogP contribution in [0.5, 0.6) is 0 Å². The van der Waals surface area contributed by atoms with Crippen LogP contribution < -0.4 is 0 Å². The van der Waals surface area contributed by atoms with E-state index in [1.165, 1.54) is 12.1 Å². The maximum absolute atomic E-state index is 12.5. The minimum absolute atomic E-state index is 0.627. The van der Waals surface area contributed by atoms with Crippen LogP contribution in [-0.2, 0) is 6.18 Å². The molecule has 0 bridgehead atoms. The molecule has 0 spiro atoms. The van der Waals surface area contributed by atoms with Crippen molar-refractivity contribution in [3.63, 3.8) is 0 Å². The molecule has 1 N–H and O–H groups in total. The number of H-pyrrole nitrogens is 1. The minimum Gasteiger partial charge on any atom is -0.276 e. The molecule has 0 aliphatic rings. The van der Waals surface area contributed by atoms with Gasteiger partial charge in [-0.05, 0) is 29.6 Å². The Morgan fingerprint density at radius 2 is 1.80 bits per heavy atom. The first-order chi connectivity index (χ1) is 9.54. The Bertz CT molecular complexity index is 697. The minimum atomic E-state index is -4.31. The topological polar surface area (TPSA) is 28.7 Å². The second-order valence-corrected chi connectivity index (χ2v) is 5.17. The third-order valence-electron chi connectivity index (χ3n) is 2.87. The lowest BCUT2D eigenvalue weighted by Crippen LogP contribution is -2.03. The van der Waals surface area contributed by atoms with E-state index in [1.807, 2.05) is 23.6 Å². The summed E-state index contributed by atoms with van der Waals surface area (Å²) in [5, 5.41) is 8.98. The van der Waals surface area contributed by atoms with Gasteiger partial charge in [-0.2, -0.15) is 18.3 Å². The molecule has 20 heavy (non-hydrogen) atoms. The zero-order valence-electron chi connectivity index (χ0n) is 10.1. The van der Waals surface area contributed by atoms with Gasteiger partial charge in [-0.25, -0.2) is 0 Å².